The van der Waals surface area contributed by atoms with Crippen molar-refractivity contribution in [1.29, 1.82) is 0 Å². The maximum Gasteiger partial charge on any atom is 0.269 e. The van der Waals surface area contributed by atoms with Crippen LogP contribution >= 0.6 is 11.6 Å². The summed E-state index contributed by atoms with van der Waals surface area (Å²) in [6.07, 6.45) is 0.0555. The van der Waals surface area contributed by atoms with Gasteiger partial charge in [0.25, 0.3) is 5.69 Å². The molecule has 0 fully saturated rings. The molecule has 2 atom stereocenters. The Balaban J connectivity index is 2.15. The van der Waals surface area contributed by atoms with Crippen molar-refractivity contribution in [2.45, 2.75) is 25.0 Å². The van der Waals surface area contributed by atoms with Gasteiger partial charge in [-0.1, -0.05) is 5.16 Å². The van der Waals surface area contributed by atoms with E-state index in [1.807, 2.05) is 6.92 Å². The fraction of sp³-hybridized carbons (Fsp3) is 0.417. The molecule has 0 spiro atoms. The summed E-state index contributed by atoms with van der Waals surface area (Å²) in [7, 11) is 0. The van der Waals surface area contributed by atoms with E-state index in [-0.39, 0.29) is 11.1 Å². The molecule has 1 aliphatic heterocycles. The molecule has 1 aromatic rings. The number of non-ortho nitro benzene ring substituents is 1. The van der Waals surface area contributed by atoms with E-state index in [4.69, 9.17) is 21.2 Å². The number of nitro benzene ring substituents is 1. The van der Waals surface area contributed by atoms with Gasteiger partial charge in [0.1, 0.15) is 5.71 Å². The lowest BCUT2D eigenvalue weighted by Gasteiger charge is -2.24. The highest BCUT2D eigenvalue weighted by Crippen LogP contribution is 2.23. The third-order valence-electron chi connectivity index (χ3n) is 2.69. The van der Waals surface area contributed by atoms with E-state index in [1.165, 1.54) is 12.1 Å². The van der Waals surface area contributed by atoms with Crippen LogP contribution in [0.15, 0.2) is 29.4 Å². The smallest absolute Gasteiger partial charge is 0.269 e. The molecule has 0 unspecified atom stereocenters. The summed E-state index contributed by atoms with van der Waals surface area (Å²) in [5.74, 6) is 0. The summed E-state index contributed by atoms with van der Waals surface area (Å²) < 4.78 is 5.28. The van der Waals surface area contributed by atoms with Gasteiger partial charge in [-0.15, -0.1) is 11.6 Å². The molecule has 0 bridgehead atoms. The molecule has 2 rings (SSSR count). The molecule has 0 aliphatic carbocycles. The van der Waals surface area contributed by atoms with Gasteiger partial charge in [-0.05, 0) is 19.1 Å². The molecule has 6 nitrogen and oxygen atoms in total. The molecule has 0 N–H and O–H groups in total. The Kier molecular flexibility index (Phi) is 4.34. The molecule has 102 valence electrons. The highest BCUT2D eigenvalue weighted by molar-refractivity contribution is 6.35. The number of hydrogen-bond donors (Lipinski definition) is 0. The minimum atomic E-state index is -0.452. The largest absolute Gasteiger partial charge is 0.363 e. The minimum absolute atomic E-state index is 0.0272. The molecule has 0 amide bonds. The average Bonchev–Trinajstić information content (AvgIpc) is 2.39. The quantitative estimate of drug-likeness (QED) is 0.484. The first-order chi connectivity index (χ1) is 9.11. The van der Waals surface area contributed by atoms with Crippen LogP contribution in [0.3, 0.4) is 0 Å². The second-order valence-electron chi connectivity index (χ2n) is 3.97. The highest BCUT2D eigenvalue weighted by atomic mass is 35.5. The first kappa shape index (κ1) is 13.8. The van der Waals surface area contributed by atoms with E-state index >= 15 is 0 Å². The van der Waals surface area contributed by atoms with Crippen LogP contribution in [0.2, 0.25) is 0 Å². The Bertz CT molecular complexity index is 489. The van der Waals surface area contributed by atoms with E-state index in [1.54, 1.807) is 12.1 Å². The zero-order valence-electron chi connectivity index (χ0n) is 10.3. The molecular formula is C12H13ClN2O4. The summed E-state index contributed by atoms with van der Waals surface area (Å²) >= 11 is 6.23. The van der Waals surface area contributed by atoms with Gasteiger partial charge in [0.05, 0.1) is 10.3 Å². The zero-order chi connectivity index (χ0) is 13.8. The summed E-state index contributed by atoms with van der Waals surface area (Å²) in [4.78, 5) is 15.3. The van der Waals surface area contributed by atoms with Crippen LogP contribution in [-0.2, 0) is 9.57 Å². The van der Waals surface area contributed by atoms with Crippen molar-refractivity contribution >= 4 is 23.0 Å². The van der Waals surface area contributed by atoms with Crippen molar-refractivity contribution in [2.75, 3.05) is 6.61 Å². The third-order valence-corrected chi connectivity index (χ3v) is 3.08. The molecule has 0 radical (unpaired) electrons. The number of oxime groups is 1. The number of nitro groups is 1. The van der Waals surface area contributed by atoms with E-state index in [9.17, 15) is 10.1 Å². The average molecular weight is 285 g/mol. The summed E-state index contributed by atoms with van der Waals surface area (Å²) in [5, 5.41) is 14.2. The maximum atomic E-state index is 10.6. The first-order valence-electron chi connectivity index (χ1n) is 5.86. The van der Waals surface area contributed by atoms with Crippen LogP contribution in [0.25, 0.3) is 0 Å². The lowest BCUT2D eigenvalue weighted by Crippen LogP contribution is -2.30. The fourth-order valence-electron chi connectivity index (χ4n) is 1.77. The number of ether oxygens (including phenoxy) is 1. The van der Waals surface area contributed by atoms with Gasteiger partial charge in [-0.25, -0.2) is 0 Å². The van der Waals surface area contributed by atoms with Crippen molar-refractivity contribution in [3.63, 3.8) is 0 Å². The predicted molar refractivity (Wildman–Crippen MR) is 70.4 cm³/mol. The van der Waals surface area contributed by atoms with Gasteiger partial charge in [0.2, 0.25) is 6.29 Å². The fourth-order valence-corrected chi connectivity index (χ4v) is 2.08. The Morgan fingerprint density at radius 3 is 2.74 bits per heavy atom. The van der Waals surface area contributed by atoms with Gasteiger partial charge in [0, 0.05) is 30.7 Å². The van der Waals surface area contributed by atoms with Crippen LogP contribution in [-0.4, -0.2) is 28.9 Å². The monoisotopic (exact) mass is 284 g/mol. The normalized spacial score (nSPS) is 22.5. The van der Waals surface area contributed by atoms with Crippen molar-refractivity contribution in [3.05, 3.63) is 39.9 Å². The van der Waals surface area contributed by atoms with E-state index in [0.29, 0.717) is 24.3 Å². The van der Waals surface area contributed by atoms with Crippen molar-refractivity contribution < 1.29 is 14.5 Å². The maximum absolute atomic E-state index is 10.6. The topological polar surface area (TPSA) is 74.0 Å². The molecule has 1 heterocycles. The number of benzene rings is 1. The van der Waals surface area contributed by atoms with Gasteiger partial charge in [0.15, 0.2) is 0 Å². The number of rotatable bonds is 4. The van der Waals surface area contributed by atoms with Crippen molar-refractivity contribution in [3.8, 4) is 0 Å². The zero-order valence-corrected chi connectivity index (χ0v) is 11.0. The Morgan fingerprint density at radius 1 is 1.53 bits per heavy atom. The standard InChI is InChI=1S/C12H13ClN2O4/c1-2-18-11-7-10(13)12(14-19-11)8-3-5-9(6-4-8)15(16)17/h3-6,10-11H,2,7H2,1H3/t10-,11-/m0/s1. The van der Waals surface area contributed by atoms with Crippen LogP contribution in [0.4, 0.5) is 5.69 Å². The van der Waals surface area contributed by atoms with Crippen LogP contribution in [0.1, 0.15) is 18.9 Å². The molecule has 7 heteroatoms. The first-order valence-corrected chi connectivity index (χ1v) is 6.29. The summed E-state index contributed by atoms with van der Waals surface area (Å²) in [6, 6.07) is 6.04. The number of hydrogen-bond acceptors (Lipinski definition) is 5. The van der Waals surface area contributed by atoms with E-state index < -0.39 is 11.2 Å². The van der Waals surface area contributed by atoms with Crippen molar-refractivity contribution in [2.24, 2.45) is 5.16 Å². The van der Waals surface area contributed by atoms with Gasteiger partial charge >= 0.3 is 0 Å². The van der Waals surface area contributed by atoms with Gasteiger partial charge in [-0.2, -0.15) is 0 Å². The second kappa shape index (κ2) is 5.99. The number of nitrogens with zero attached hydrogens (tertiary/aromatic N) is 2. The Hall–Kier alpha value is -1.66. The van der Waals surface area contributed by atoms with Crippen LogP contribution in [0, 0.1) is 10.1 Å². The third kappa shape index (κ3) is 3.21. The molecule has 19 heavy (non-hydrogen) atoms. The molecule has 0 saturated carbocycles. The molecule has 1 aromatic carbocycles. The minimum Gasteiger partial charge on any atom is -0.363 e. The summed E-state index contributed by atoms with van der Waals surface area (Å²) in [5.41, 5.74) is 1.30. The van der Waals surface area contributed by atoms with Gasteiger partial charge in [-0.3, -0.25) is 10.1 Å². The van der Waals surface area contributed by atoms with Crippen molar-refractivity contribution in [1.82, 2.24) is 0 Å². The molecular weight excluding hydrogens is 272 g/mol. The van der Waals surface area contributed by atoms with E-state index in [0.717, 1.165) is 0 Å². The highest BCUT2D eigenvalue weighted by Gasteiger charge is 2.27. The number of alkyl halides is 1. The molecule has 0 saturated heterocycles. The van der Waals surface area contributed by atoms with E-state index in [2.05, 4.69) is 5.16 Å². The molecule has 1 aliphatic rings. The lowest BCUT2D eigenvalue weighted by atomic mass is 10.0. The SMILES string of the molecule is CCO[C@@H]1C[C@H](Cl)C(c2ccc([N+](=O)[O-])cc2)=NO1. The Morgan fingerprint density at radius 2 is 2.21 bits per heavy atom. The Labute approximate surface area is 115 Å². The second-order valence-corrected chi connectivity index (χ2v) is 4.50. The van der Waals surface area contributed by atoms with Crippen LogP contribution < -0.4 is 0 Å². The number of halogens is 1. The summed E-state index contributed by atoms with van der Waals surface area (Å²) in [6.45, 7) is 2.39. The predicted octanol–water partition coefficient (Wildman–Crippen LogP) is 2.69. The lowest BCUT2D eigenvalue weighted by molar-refractivity contribution is -0.384. The molecule has 0 aromatic heterocycles. The van der Waals surface area contributed by atoms with Crippen LogP contribution in [0.5, 0.6) is 0 Å². The van der Waals surface area contributed by atoms with Gasteiger partial charge < -0.3 is 9.57 Å².